The molecule has 0 spiro atoms. The summed E-state index contributed by atoms with van der Waals surface area (Å²) in [7, 11) is 1.59. The Bertz CT molecular complexity index is 1090. The SMILES string of the molecule is CN1C(=O)SC(=O)C1c1cccc2c1ccn2Cc1cccc(C(F)(F)F)c1. The van der Waals surface area contributed by atoms with E-state index in [0.29, 0.717) is 22.9 Å². The van der Waals surface area contributed by atoms with Gasteiger partial charge in [0.05, 0.1) is 5.56 Å². The number of nitrogens with zero attached hydrogens (tertiary/aromatic N) is 2. The fourth-order valence-electron chi connectivity index (χ4n) is 3.48. The van der Waals surface area contributed by atoms with Crippen molar-refractivity contribution in [1.29, 1.82) is 0 Å². The monoisotopic (exact) mass is 404 g/mol. The van der Waals surface area contributed by atoms with E-state index in [-0.39, 0.29) is 16.9 Å². The highest BCUT2D eigenvalue weighted by molar-refractivity contribution is 8.26. The highest BCUT2D eigenvalue weighted by Gasteiger charge is 2.39. The molecule has 144 valence electrons. The molecular formula is C20H15F3N2O2S. The van der Waals surface area contributed by atoms with Gasteiger partial charge in [-0.05, 0) is 35.4 Å². The average Bonchev–Trinajstić information content (AvgIpc) is 3.15. The van der Waals surface area contributed by atoms with Crippen LogP contribution >= 0.6 is 11.8 Å². The van der Waals surface area contributed by atoms with E-state index in [2.05, 4.69) is 0 Å². The Labute approximate surface area is 162 Å². The number of aromatic nitrogens is 1. The van der Waals surface area contributed by atoms with E-state index in [4.69, 9.17) is 0 Å². The zero-order valence-corrected chi connectivity index (χ0v) is 15.6. The number of hydrogen-bond acceptors (Lipinski definition) is 3. The lowest BCUT2D eigenvalue weighted by Gasteiger charge is -2.18. The van der Waals surface area contributed by atoms with Crippen LogP contribution in [0.25, 0.3) is 10.9 Å². The predicted octanol–water partition coefficient (Wildman–Crippen LogP) is 5.07. The lowest BCUT2D eigenvalue weighted by molar-refractivity contribution is -0.137. The molecule has 28 heavy (non-hydrogen) atoms. The number of amides is 1. The Morgan fingerprint density at radius 3 is 2.50 bits per heavy atom. The maximum atomic E-state index is 13.0. The molecule has 1 aliphatic rings. The molecule has 0 bridgehead atoms. The van der Waals surface area contributed by atoms with E-state index < -0.39 is 17.8 Å². The number of alkyl halides is 3. The summed E-state index contributed by atoms with van der Waals surface area (Å²) in [5.74, 6) is 0. The molecule has 1 fully saturated rings. The van der Waals surface area contributed by atoms with Crippen molar-refractivity contribution in [1.82, 2.24) is 9.47 Å². The molecule has 1 amide bonds. The lowest BCUT2D eigenvalue weighted by atomic mass is 10.0. The van der Waals surface area contributed by atoms with Gasteiger partial charge in [0.15, 0.2) is 0 Å². The Kier molecular flexibility index (Phi) is 4.45. The first-order valence-corrected chi connectivity index (χ1v) is 9.30. The summed E-state index contributed by atoms with van der Waals surface area (Å²) < 4.78 is 40.7. The van der Waals surface area contributed by atoms with E-state index in [1.807, 2.05) is 16.7 Å². The smallest absolute Gasteiger partial charge is 0.343 e. The summed E-state index contributed by atoms with van der Waals surface area (Å²) >= 11 is 0.688. The standard InChI is InChI=1S/C20H15F3N2O2S/c1-24-17(18(26)28-19(24)27)15-6-3-7-16-14(15)8-9-25(16)11-12-4-2-5-13(10-12)20(21,22)23/h2-10,17H,11H2,1H3. The molecule has 4 nitrogen and oxygen atoms in total. The van der Waals surface area contributed by atoms with Gasteiger partial charge in [0.1, 0.15) is 6.04 Å². The van der Waals surface area contributed by atoms with Gasteiger partial charge in [-0.15, -0.1) is 0 Å². The number of rotatable bonds is 3. The Balaban J connectivity index is 1.72. The van der Waals surface area contributed by atoms with Crippen molar-refractivity contribution in [3.8, 4) is 0 Å². The molecule has 1 unspecified atom stereocenters. The van der Waals surface area contributed by atoms with Crippen LogP contribution in [-0.4, -0.2) is 26.9 Å². The maximum absolute atomic E-state index is 13.0. The second-order valence-corrected chi connectivity index (χ2v) is 7.58. The number of hydrogen-bond donors (Lipinski definition) is 0. The maximum Gasteiger partial charge on any atom is 0.416 e. The minimum Gasteiger partial charge on any atom is -0.343 e. The van der Waals surface area contributed by atoms with Crippen molar-refractivity contribution in [2.75, 3.05) is 7.05 Å². The molecule has 1 aromatic heterocycles. The van der Waals surface area contributed by atoms with Crippen LogP contribution in [0.1, 0.15) is 22.7 Å². The zero-order chi connectivity index (χ0) is 20.1. The Morgan fingerprint density at radius 1 is 1.07 bits per heavy atom. The van der Waals surface area contributed by atoms with E-state index in [0.717, 1.165) is 23.0 Å². The van der Waals surface area contributed by atoms with Gasteiger partial charge in [-0.25, -0.2) is 0 Å². The molecule has 2 heterocycles. The molecule has 0 N–H and O–H groups in total. The third-order valence-corrected chi connectivity index (χ3v) is 5.72. The first kappa shape index (κ1) is 18.6. The summed E-state index contributed by atoms with van der Waals surface area (Å²) in [4.78, 5) is 25.5. The van der Waals surface area contributed by atoms with Crippen molar-refractivity contribution in [2.45, 2.75) is 18.8 Å². The van der Waals surface area contributed by atoms with Crippen LogP contribution in [-0.2, 0) is 17.5 Å². The van der Waals surface area contributed by atoms with E-state index >= 15 is 0 Å². The topological polar surface area (TPSA) is 42.3 Å². The quantitative estimate of drug-likeness (QED) is 0.612. The second-order valence-electron chi connectivity index (χ2n) is 6.62. The predicted molar refractivity (Wildman–Crippen MR) is 101 cm³/mol. The van der Waals surface area contributed by atoms with Crippen LogP contribution in [0.4, 0.5) is 18.0 Å². The summed E-state index contributed by atoms with van der Waals surface area (Å²) in [6.45, 7) is 0.263. The number of fused-ring (bicyclic) bond motifs is 1. The Hall–Kier alpha value is -2.74. The molecule has 4 rings (SSSR count). The van der Waals surface area contributed by atoms with Crippen molar-refractivity contribution in [3.63, 3.8) is 0 Å². The minimum absolute atomic E-state index is 0.231. The number of thioether (sulfide) groups is 1. The van der Waals surface area contributed by atoms with Crippen LogP contribution in [0.15, 0.2) is 54.7 Å². The summed E-state index contributed by atoms with van der Waals surface area (Å²) in [6.07, 6.45) is -2.61. The first-order valence-electron chi connectivity index (χ1n) is 8.48. The molecule has 2 aromatic carbocycles. The zero-order valence-electron chi connectivity index (χ0n) is 14.7. The minimum atomic E-state index is -4.39. The largest absolute Gasteiger partial charge is 0.416 e. The van der Waals surface area contributed by atoms with E-state index in [9.17, 15) is 22.8 Å². The number of halogens is 3. The van der Waals surface area contributed by atoms with E-state index in [1.54, 1.807) is 31.4 Å². The molecular weight excluding hydrogens is 389 g/mol. The van der Waals surface area contributed by atoms with Crippen LogP contribution in [0.2, 0.25) is 0 Å². The van der Waals surface area contributed by atoms with Crippen molar-refractivity contribution < 1.29 is 22.8 Å². The normalized spacial score (nSPS) is 17.7. The second kappa shape index (κ2) is 6.70. The molecule has 1 atom stereocenters. The first-order chi connectivity index (χ1) is 13.3. The molecule has 0 aliphatic carbocycles. The molecule has 3 aromatic rings. The summed E-state index contributed by atoms with van der Waals surface area (Å²) in [5.41, 5.74) is 1.35. The van der Waals surface area contributed by atoms with Gasteiger partial charge in [0, 0.05) is 42.5 Å². The molecule has 8 heteroatoms. The van der Waals surface area contributed by atoms with E-state index in [1.165, 1.54) is 11.0 Å². The van der Waals surface area contributed by atoms with Crippen LogP contribution in [0, 0.1) is 0 Å². The third-order valence-electron chi connectivity index (χ3n) is 4.84. The molecule has 0 radical (unpaired) electrons. The van der Waals surface area contributed by atoms with Gasteiger partial charge < -0.3 is 9.47 Å². The number of likely N-dealkylation sites (N-methyl/N-ethyl adjacent to an activating group) is 1. The van der Waals surface area contributed by atoms with Crippen molar-refractivity contribution >= 4 is 33.0 Å². The highest BCUT2D eigenvalue weighted by atomic mass is 32.2. The Morgan fingerprint density at radius 2 is 1.82 bits per heavy atom. The molecule has 1 saturated heterocycles. The fourth-order valence-corrected chi connectivity index (χ4v) is 4.30. The lowest BCUT2D eigenvalue weighted by Crippen LogP contribution is -2.23. The molecule has 0 saturated carbocycles. The average molecular weight is 404 g/mol. The highest BCUT2D eigenvalue weighted by Crippen LogP contribution is 2.38. The van der Waals surface area contributed by atoms with Crippen molar-refractivity contribution in [2.24, 2.45) is 0 Å². The van der Waals surface area contributed by atoms with Crippen LogP contribution < -0.4 is 0 Å². The molecule has 1 aliphatic heterocycles. The van der Waals surface area contributed by atoms with Gasteiger partial charge >= 0.3 is 6.18 Å². The van der Waals surface area contributed by atoms with Gasteiger partial charge in [-0.2, -0.15) is 13.2 Å². The number of benzene rings is 2. The van der Waals surface area contributed by atoms with Crippen LogP contribution in [0.5, 0.6) is 0 Å². The van der Waals surface area contributed by atoms with Gasteiger partial charge in [-0.1, -0.05) is 24.3 Å². The number of carbonyl (C=O) groups excluding carboxylic acids is 2. The van der Waals surface area contributed by atoms with Crippen molar-refractivity contribution in [3.05, 3.63) is 71.4 Å². The van der Waals surface area contributed by atoms with Gasteiger partial charge in [0.2, 0.25) is 5.12 Å². The summed E-state index contributed by atoms with van der Waals surface area (Å²) in [6, 6.07) is 11.8. The summed E-state index contributed by atoms with van der Waals surface area (Å²) in [5, 5.41) is 0.274. The third kappa shape index (κ3) is 3.17. The van der Waals surface area contributed by atoms with Gasteiger partial charge in [0.25, 0.3) is 5.24 Å². The fraction of sp³-hybridized carbons (Fsp3) is 0.200. The number of carbonyl (C=O) groups is 2. The van der Waals surface area contributed by atoms with Crippen LogP contribution in [0.3, 0.4) is 0 Å². The van der Waals surface area contributed by atoms with Gasteiger partial charge in [-0.3, -0.25) is 9.59 Å².